The summed E-state index contributed by atoms with van der Waals surface area (Å²) in [5.74, 6) is 0.522. The predicted octanol–water partition coefficient (Wildman–Crippen LogP) is 4.48. The molecule has 88 valence electrons. The molecule has 0 spiro atoms. The van der Waals surface area contributed by atoms with Crippen LogP contribution in [0.2, 0.25) is 5.02 Å². The second-order valence-corrected chi connectivity index (χ2v) is 4.99. The van der Waals surface area contributed by atoms with E-state index < -0.39 is 5.82 Å². The average Bonchev–Trinajstić information content (AvgIpc) is 2.31. The van der Waals surface area contributed by atoms with Crippen molar-refractivity contribution in [3.05, 3.63) is 58.9 Å². The molecule has 1 nitrogen and oxygen atoms in total. The SMILES string of the molecule is Oc1cccc(SCc2ccc(F)c(Cl)c2)c1. The van der Waals surface area contributed by atoms with Crippen LogP contribution < -0.4 is 0 Å². The van der Waals surface area contributed by atoms with E-state index in [0.717, 1.165) is 10.5 Å². The normalized spacial score (nSPS) is 10.5. The molecule has 0 saturated carbocycles. The second-order valence-electron chi connectivity index (χ2n) is 3.53. The molecule has 0 atom stereocenters. The minimum absolute atomic E-state index is 0.138. The Labute approximate surface area is 108 Å². The fraction of sp³-hybridized carbons (Fsp3) is 0.0769. The van der Waals surface area contributed by atoms with Gasteiger partial charge >= 0.3 is 0 Å². The van der Waals surface area contributed by atoms with Crippen LogP contribution in [0.5, 0.6) is 5.75 Å². The average molecular weight is 269 g/mol. The number of aromatic hydroxyl groups is 1. The molecule has 0 aliphatic carbocycles. The van der Waals surface area contributed by atoms with Gasteiger partial charge in [-0.3, -0.25) is 0 Å². The predicted molar refractivity (Wildman–Crippen MR) is 69.1 cm³/mol. The molecular weight excluding hydrogens is 259 g/mol. The summed E-state index contributed by atoms with van der Waals surface area (Å²) < 4.78 is 12.9. The van der Waals surface area contributed by atoms with Gasteiger partial charge in [-0.2, -0.15) is 0 Å². The summed E-state index contributed by atoms with van der Waals surface area (Å²) in [6.45, 7) is 0. The van der Waals surface area contributed by atoms with Crippen LogP contribution in [0.3, 0.4) is 0 Å². The van der Waals surface area contributed by atoms with Gasteiger partial charge in [-0.15, -0.1) is 11.8 Å². The highest BCUT2D eigenvalue weighted by Gasteiger charge is 2.02. The molecule has 0 unspecified atom stereocenters. The minimum atomic E-state index is -0.405. The highest BCUT2D eigenvalue weighted by molar-refractivity contribution is 7.98. The smallest absolute Gasteiger partial charge is 0.141 e. The molecule has 0 bridgehead atoms. The topological polar surface area (TPSA) is 20.2 Å². The largest absolute Gasteiger partial charge is 0.508 e. The monoisotopic (exact) mass is 268 g/mol. The van der Waals surface area contributed by atoms with Crippen molar-refractivity contribution in [3.8, 4) is 5.75 Å². The summed E-state index contributed by atoms with van der Waals surface area (Å²) >= 11 is 7.26. The highest BCUT2D eigenvalue weighted by atomic mass is 35.5. The number of rotatable bonds is 3. The maximum atomic E-state index is 12.9. The maximum Gasteiger partial charge on any atom is 0.141 e. The Kier molecular flexibility index (Phi) is 3.92. The maximum absolute atomic E-state index is 12.9. The molecule has 2 aromatic rings. The minimum Gasteiger partial charge on any atom is -0.508 e. The van der Waals surface area contributed by atoms with Gasteiger partial charge in [-0.05, 0) is 35.9 Å². The second kappa shape index (κ2) is 5.43. The lowest BCUT2D eigenvalue weighted by Gasteiger charge is -2.03. The quantitative estimate of drug-likeness (QED) is 0.829. The summed E-state index contributed by atoms with van der Waals surface area (Å²) in [6, 6.07) is 11.7. The van der Waals surface area contributed by atoms with E-state index in [-0.39, 0.29) is 10.8 Å². The summed E-state index contributed by atoms with van der Waals surface area (Å²) in [5, 5.41) is 9.44. The lowest BCUT2D eigenvalue weighted by Crippen LogP contribution is -1.83. The van der Waals surface area contributed by atoms with E-state index in [9.17, 15) is 9.50 Å². The molecule has 0 aromatic heterocycles. The van der Waals surface area contributed by atoms with Crippen LogP contribution in [0.4, 0.5) is 4.39 Å². The Morgan fingerprint density at radius 3 is 2.71 bits per heavy atom. The number of hydrogen-bond donors (Lipinski definition) is 1. The Morgan fingerprint density at radius 2 is 2.00 bits per heavy atom. The fourth-order valence-electron chi connectivity index (χ4n) is 1.37. The fourth-order valence-corrected chi connectivity index (χ4v) is 2.46. The van der Waals surface area contributed by atoms with Gasteiger partial charge in [0.25, 0.3) is 0 Å². The third kappa shape index (κ3) is 3.38. The van der Waals surface area contributed by atoms with Crippen LogP contribution in [0.25, 0.3) is 0 Å². The molecule has 2 aromatic carbocycles. The number of hydrogen-bond acceptors (Lipinski definition) is 2. The molecule has 0 heterocycles. The zero-order valence-electron chi connectivity index (χ0n) is 8.86. The molecule has 4 heteroatoms. The van der Waals surface area contributed by atoms with Crippen molar-refractivity contribution < 1.29 is 9.50 Å². The Morgan fingerprint density at radius 1 is 1.18 bits per heavy atom. The van der Waals surface area contributed by atoms with E-state index in [1.54, 1.807) is 42.1 Å². The number of benzene rings is 2. The first-order valence-electron chi connectivity index (χ1n) is 5.01. The summed E-state index contributed by atoms with van der Waals surface area (Å²) in [6.07, 6.45) is 0. The van der Waals surface area contributed by atoms with E-state index in [2.05, 4.69) is 0 Å². The van der Waals surface area contributed by atoms with Crippen LogP contribution >= 0.6 is 23.4 Å². The molecule has 0 aliphatic rings. The summed E-state index contributed by atoms with van der Waals surface area (Å²) in [7, 11) is 0. The molecular formula is C13H10ClFOS. The number of phenolic OH excluding ortho intramolecular Hbond substituents is 1. The first-order valence-corrected chi connectivity index (χ1v) is 6.37. The van der Waals surface area contributed by atoms with Crippen LogP contribution in [0.1, 0.15) is 5.56 Å². The van der Waals surface area contributed by atoms with Crippen LogP contribution in [-0.4, -0.2) is 5.11 Å². The standard InChI is InChI=1S/C13H10ClFOS/c14-12-6-9(4-5-13(12)15)8-17-11-3-1-2-10(16)7-11/h1-7,16H,8H2. The van der Waals surface area contributed by atoms with E-state index in [0.29, 0.717) is 5.75 Å². The van der Waals surface area contributed by atoms with Crippen LogP contribution in [0.15, 0.2) is 47.4 Å². The first kappa shape index (κ1) is 12.3. The molecule has 0 amide bonds. The van der Waals surface area contributed by atoms with Crippen molar-refractivity contribution in [2.45, 2.75) is 10.6 Å². The third-order valence-corrected chi connectivity index (χ3v) is 3.56. The Balaban J connectivity index is 2.05. The number of halogens is 2. The summed E-state index contributed by atoms with van der Waals surface area (Å²) in [5.41, 5.74) is 0.949. The van der Waals surface area contributed by atoms with E-state index in [1.807, 2.05) is 6.07 Å². The van der Waals surface area contributed by atoms with Gasteiger partial charge in [0.2, 0.25) is 0 Å². The van der Waals surface area contributed by atoms with Crippen LogP contribution in [0, 0.1) is 5.82 Å². The lowest BCUT2D eigenvalue weighted by molar-refractivity contribution is 0.474. The van der Waals surface area contributed by atoms with Gasteiger partial charge in [0, 0.05) is 10.6 Å². The van der Waals surface area contributed by atoms with Gasteiger partial charge in [0.05, 0.1) is 5.02 Å². The summed E-state index contributed by atoms with van der Waals surface area (Å²) in [4.78, 5) is 0.963. The van der Waals surface area contributed by atoms with Gasteiger partial charge in [0.15, 0.2) is 0 Å². The third-order valence-electron chi connectivity index (χ3n) is 2.21. The number of phenols is 1. The van der Waals surface area contributed by atoms with Crippen molar-refractivity contribution >= 4 is 23.4 Å². The van der Waals surface area contributed by atoms with Gasteiger partial charge < -0.3 is 5.11 Å². The van der Waals surface area contributed by atoms with Crippen molar-refractivity contribution in [1.29, 1.82) is 0 Å². The van der Waals surface area contributed by atoms with E-state index >= 15 is 0 Å². The zero-order chi connectivity index (χ0) is 12.3. The van der Waals surface area contributed by atoms with E-state index in [4.69, 9.17) is 11.6 Å². The van der Waals surface area contributed by atoms with Crippen LogP contribution in [-0.2, 0) is 5.75 Å². The molecule has 0 saturated heterocycles. The van der Waals surface area contributed by atoms with Gasteiger partial charge in [0.1, 0.15) is 11.6 Å². The van der Waals surface area contributed by atoms with E-state index in [1.165, 1.54) is 6.07 Å². The van der Waals surface area contributed by atoms with Crippen molar-refractivity contribution in [2.24, 2.45) is 0 Å². The molecule has 17 heavy (non-hydrogen) atoms. The Hall–Kier alpha value is -1.19. The van der Waals surface area contributed by atoms with Gasteiger partial charge in [-0.1, -0.05) is 23.7 Å². The molecule has 0 aliphatic heterocycles. The molecule has 0 fully saturated rings. The van der Waals surface area contributed by atoms with Crippen molar-refractivity contribution in [2.75, 3.05) is 0 Å². The Bertz CT molecular complexity index is 531. The number of thioether (sulfide) groups is 1. The first-order chi connectivity index (χ1) is 8.15. The zero-order valence-corrected chi connectivity index (χ0v) is 10.4. The van der Waals surface area contributed by atoms with Crippen molar-refractivity contribution in [3.63, 3.8) is 0 Å². The highest BCUT2D eigenvalue weighted by Crippen LogP contribution is 2.27. The molecule has 2 rings (SSSR count). The van der Waals surface area contributed by atoms with Gasteiger partial charge in [-0.25, -0.2) is 4.39 Å². The molecule has 0 radical (unpaired) electrons. The lowest BCUT2D eigenvalue weighted by atomic mass is 10.2. The molecule has 1 N–H and O–H groups in total. The van der Waals surface area contributed by atoms with Crippen molar-refractivity contribution in [1.82, 2.24) is 0 Å².